The molecule has 43 heavy (non-hydrogen) atoms. The zero-order valence-corrected chi connectivity index (χ0v) is 25.7. The first-order valence-corrected chi connectivity index (χ1v) is 16.3. The lowest BCUT2D eigenvalue weighted by Gasteiger charge is -2.69. The lowest BCUT2D eigenvalue weighted by Crippen LogP contribution is -2.72. The maximum Gasteiger partial charge on any atom is 0.391 e. The Labute approximate surface area is 254 Å². The van der Waals surface area contributed by atoms with Gasteiger partial charge in [-0.25, -0.2) is 0 Å². The summed E-state index contributed by atoms with van der Waals surface area (Å²) in [6.45, 7) is 7.01. The molecule has 4 fully saturated rings. The molecule has 224 valence electrons. The van der Waals surface area contributed by atoms with Crippen LogP contribution in [0.3, 0.4) is 0 Å². The van der Waals surface area contributed by atoms with Crippen molar-refractivity contribution in [2.75, 3.05) is 23.9 Å². The molecule has 2 amide bonds. The largest absolute Gasteiger partial charge is 0.425 e. The Morgan fingerprint density at radius 3 is 2.44 bits per heavy atom. The zero-order chi connectivity index (χ0) is 30.2. The smallest absolute Gasteiger partial charge is 0.391 e. The highest BCUT2D eigenvalue weighted by Gasteiger charge is 2.76. The Balaban J connectivity index is 1.07. The minimum Gasteiger partial charge on any atom is -0.425 e. The van der Waals surface area contributed by atoms with Crippen LogP contribution in [0.2, 0.25) is 0 Å². The molecule has 4 N–H and O–H groups in total. The molecule has 4 aliphatic carbocycles. The number of alkyl halides is 1. The van der Waals surface area contributed by atoms with E-state index >= 15 is 0 Å². The summed E-state index contributed by atoms with van der Waals surface area (Å²) in [6, 6.07) is 1.70. The van der Waals surface area contributed by atoms with E-state index in [9.17, 15) is 24.2 Å². The van der Waals surface area contributed by atoms with E-state index in [1.54, 1.807) is 17.0 Å². The Morgan fingerprint density at radius 1 is 1.09 bits per heavy atom. The molecule has 2 unspecified atom stereocenters. The fourth-order valence-corrected chi connectivity index (χ4v) is 9.58. The minimum atomic E-state index is -2.66. The SMILES string of the molecule is Cc1c[nH]c2c1C1(C)CCN(C(=O)C34CC(C(=O)N5CC(CCl)c6c5cc(OP(O)O)c5[nH]cc(C)c65)(C3)C4)C1=CC2=O. The molecular weight excluding hydrogens is 591 g/mol. The number of likely N-dealkylation sites (tertiary alicyclic amines) is 1. The van der Waals surface area contributed by atoms with E-state index in [0.29, 0.717) is 55.1 Å². The zero-order valence-electron chi connectivity index (χ0n) is 24.1. The Bertz CT molecular complexity index is 1810. The van der Waals surface area contributed by atoms with Crippen molar-refractivity contribution in [3.05, 3.63) is 58.2 Å². The minimum absolute atomic E-state index is 0.0154. The van der Waals surface area contributed by atoms with Gasteiger partial charge in [0.05, 0.1) is 27.7 Å². The standard InChI is InChI=1S/C31H32ClN4O6P/c1-15-9-34-26-20(42-43(40)41)6-18-23(22(15)26)17(8-32)11-36(18)28(39)31-12-30(13-31,14-31)27(38)35-5-4-29(3)21(35)7-19(37)25-24(29)16(2)10-33-25/h6-7,9-10,17,33-34,40-41H,4-5,8,11-14H2,1-3H3. The van der Waals surface area contributed by atoms with Crippen LogP contribution in [0.5, 0.6) is 5.75 Å². The van der Waals surface area contributed by atoms with Crippen LogP contribution in [0.25, 0.3) is 10.9 Å². The van der Waals surface area contributed by atoms with Gasteiger partial charge in [-0.2, -0.15) is 0 Å². The molecule has 0 radical (unpaired) electrons. The maximum atomic E-state index is 14.2. The lowest BCUT2D eigenvalue weighted by atomic mass is 9.34. The van der Waals surface area contributed by atoms with Gasteiger partial charge in [-0.1, -0.05) is 0 Å². The molecule has 3 aromatic rings. The van der Waals surface area contributed by atoms with Crippen molar-refractivity contribution in [1.82, 2.24) is 14.9 Å². The lowest BCUT2D eigenvalue weighted by molar-refractivity contribution is -0.212. The van der Waals surface area contributed by atoms with Crippen LogP contribution in [0, 0.1) is 24.7 Å². The number of aromatic nitrogens is 2. The van der Waals surface area contributed by atoms with Gasteiger partial charge in [0, 0.05) is 65.9 Å². The number of carbonyl (C=O) groups is 3. The molecule has 1 aromatic carbocycles. The van der Waals surface area contributed by atoms with E-state index in [-0.39, 0.29) is 29.3 Å². The first kappa shape index (κ1) is 27.4. The number of hydrogen-bond donors (Lipinski definition) is 4. The van der Waals surface area contributed by atoms with Crippen molar-refractivity contribution in [1.29, 1.82) is 0 Å². The molecule has 3 saturated carbocycles. The summed E-state index contributed by atoms with van der Waals surface area (Å²) >= 11 is 6.43. The summed E-state index contributed by atoms with van der Waals surface area (Å²) < 4.78 is 5.38. The van der Waals surface area contributed by atoms with E-state index < -0.39 is 24.8 Å². The monoisotopic (exact) mass is 622 g/mol. The normalized spacial score (nSPS) is 30.2. The first-order valence-electron chi connectivity index (χ1n) is 14.6. The fourth-order valence-electron chi connectivity index (χ4n) is 9.01. The number of H-pyrrole nitrogens is 2. The molecule has 9 rings (SSSR count). The van der Waals surface area contributed by atoms with E-state index in [1.165, 1.54) is 0 Å². The van der Waals surface area contributed by atoms with E-state index in [2.05, 4.69) is 16.9 Å². The number of benzene rings is 1. The number of halogens is 1. The van der Waals surface area contributed by atoms with Crippen LogP contribution >= 0.6 is 20.2 Å². The van der Waals surface area contributed by atoms with Crippen molar-refractivity contribution >= 4 is 54.4 Å². The third-order valence-electron chi connectivity index (χ3n) is 10.9. The molecule has 12 heteroatoms. The third kappa shape index (κ3) is 3.38. The fraction of sp³-hybridized carbons (Fsp3) is 0.452. The number of nitrogens with zero attached hydrogens (tertiary/aromatic N) is 2. The maximum absolute atomic E-state index is 14.2. The molecule has 10 nitrogen and oxygen atoms in total. The second-order valence-corrected chi connectivity index (χ2v) is 14.4. The van der Waals surface area contributed by atoms with Crippen molar-refractivity contribution in [2.24, 2.45) is 10.8 Å². The predicted molar refractivity (Wildman–Crippen MR) is 161 cm³/mol. The van der Waals surface area contributed by atoms with Gasteiger partial charge in [0.1, 0.15) is 0 Å². The van der Waals surface area contributed by atoms with Gasteiger partial charge >= 0.3 is 8.60 Å². The summed E-state index contributed by atoms with van der Waals surface area (Å²) in [5.41, 5.74) is 4.99. The number of allylic oxidation sites excluding steroid dienone is 2. The number of hydrogen-bond acceptors (Lipinski definition) is 6. The van der Waals surface area contributed by atoms with Gasteiger partial charge in [0.15, 0.2) is 5.75 Å². The molecule has 2 bridgehead atoms. The first-order chi connectivity index (χ1) is 20.4. The number of aryl methyl sites for hydroxylation is 2. The van der Waals surface area contributed by atoms with Gasteiger partial charge in [0.25, 0.3) is 0 Å². The Kier molecular flexibility index (Phi) is 5.55. The molecular formula is C31H32ClN4O6P. The van der Waals surface area contributed by atoms with Gasteiger partial charge in [-0.3, -0.25) is 14.4 Å². The van der Waals surface area contributed by atoms with E-state index in [1.807, 2.05) is 31.1 Å². The van der Waals surface area contributed by atoms with E-state index in [4.69, 9.17) is 16.1 Å². The summed E-state index contributed by atoms with van der Waals surface area (Å²) in [4.78, 5) is 70.3. The number of nitrogens with one attached hydrogen (secondary N) is 2. The average Bonchev–Trinajstić information content (AvgIpc) is 3.66. The highest BCUT2D eigenvalue weighted by Crippen LogP contribution is 2.75. The number of carbonyl (C=O) groups excluding carboxylic acids is 3. The van der Waals surface area contributed by atoms with Crippen LogP contribution in [-0.2, 0) is 15.0 Å². The summed E-state index contributed by atoms with van der Waals surface area (Å²) in [7, 11) is -2.66. The Hall–Kier alpha value is -3.17. The van der Waals surface area contributed by atoms with Crippen LogP contribution in [0.15, 0.2) is 30.2 Å². The van der Waals surface area contributed by atoms with Crippen molar-refractivity contribution in [2.45, 2.75) is 57.8 Å². The second-order valence-electron chi connectivity index (χ2n) is 13.4. The van der Waals surface area contributed by atoms with Crippen molar-refractivity contribution in [3.8, 4) is 5.75 Å². The van der Waals surface area contributed by atoms with Gasteiger partial charge in [-0.05, 0) is 68.7 Å². The van der Waals surface area contributed by atoms with Gasteiger partial charge in [0.2, 0.25) is 17.6 Å². The molecule has 0 spiro atoms. The van der Waals surface area contributed by atoms with E-state index in [0.717, 1.165) is 39.8 Å². The Morgan fingerprint density at radius 2 is 1.77 bits per heavy atom. The van der Waals surface area contributed by atoms with Crippen LogP contribution in [0.4, 0.5) is 5.69 Å². The summed E-state index contributed by atoms with van der Waals surface area (Å²) in [5.74, 6) is 0.369. The number of rotatable bonds is 5. The molecule has 2 aromatic heterocycles. The summed E-state index contributed by atoms with van der Waals surface area (Å²) in [6.07, 6.45) is 7.49. The predicted octanol–water partition coefficient (Wildman–Crippen LogP) is 4.81. The van der Waals surface area contributed by atoms with Gasteiger partial charge in [-0.15, -0.1) is 11.6 Å². The number of anilines is 1. The quantitative estimate of drug-likeness (QED) is 0.238. The molecule has 1 saturated heterocycles. The van der Waals surface area contributed by atoms with Gasteiger partial charge < -0.3 is 34.1 Å². The third-order valence-corrected chi connectivity index (χ3v) is 11.6. The van der Waals surface area contributed by atoms with Crippen molar-refractivity contribution < 1.29 is 28.7 Å². The number of aromatic amines is 2. The molecule has 2 aliphatic heterocycles. The molecule has 6 aliphatic rings. The summed E-state index contributed by atoms with van der Waals surface area (Å²) in [5, 5.41) is 0.878. The highest BCUT2D eigenvalue weighted by molar-refractivity contribution is 7.39. The molecule has 2 atom stereocenters. The highest BCUT2D eigenvalue weighted by atomic mass is 35.5. The topological polar surface area (TPSA) is 139 Å². The second kappa shape index (κ2) is 8.72. The number of fused-ring (bicyclic) bond motifs is 6. The number of amides is 2. The average molecular weight is 623 g/mol. The van der Waals surface area contributed by atoms with Crippen LogP contribution in [0.1, 0.15) is 71.3 Å². The van der Waals surface area contributed by atoms with Crippen LogP contribution < -0.4 is 9.42 Å². The number of ketones is 1. The van der Waals surface area contributed by atoms with Crippen LogP contribution in [-0.4, -0.2) is 61.2 Å². The molecule has 4 heterocycles. The van der Waals surface area contributed by atoms with Crippen molar-refractivity contribution in [3.63, 3.8) is 0 Å².